The number of hydrogen-bond acceptors (Lipinski definition) is 6. The van der Waals surface area contributed by atoms with E-state index in [0.717, 1.165) is 6.41 Å². The smallest absolute Gasteiger partial charge is 0.274 e. The summed E-state index contributed by atoms with van der Waals surface area (Å²) in [6.45, 7) is 6.41. The van der Waals surface area contributed by atoms with Gasteiger partial charge in [0.2, 0.25) is 12.3 Å². The standard InChI is InChI=1S/C16H22N6O3/c1-13(24)20-8-10-21(11-9-20)15-3-2-14(17-18-15)16(25)22-6-4-19(12-23)5-7-22/h2-3,12H,4-11H2,1H3. The molecule has 0 aromatic carbocycles. The van der Waals surface area contributed by atoms with Crippen LogP contribution >= 0.6 is 0 Å². The monoisotopic (exact) mass is 346 g/mol. The molecule has 3 amide bonds. The predicted octanol–water partition coefficient (Wildman–Crippen LogP) is -0.941. The van der Waals surface area contributed by atoms with Gasteiger partial charge in [0.1, 0.15) is 0 Å². The molecule has 9 nitrogen and oxygen atoms in total. The van der Waals surface area contributed by atoms with Crippen LogP contribution in [0.15, 0.2) is 12.1 Å². The molecule has 2 saturated heterocycles. The van der Waals surface area contributed by atoms with E-state index in [2.05, 4.69) is 15.1 Å². The van der Waals surface area contributed by atoms with Crippen molar-refractivity contribution in [1.82, 2.24) is 24.9 Å². The number of nitrogens with zero attached hydrogens (tertiary/aromatic N) is 6. The minimum atomic E-state index is -0.161. The van der Waals surface area contributed by atoms with E-state index in [9.17, 15) is 14.4 Å². The summed E-state index contributed by atoms with van der Waals surface area (Å²) in [6, 6.07) is 3.49. The molecular weight excluding hydrogens is 324 g/mol. The van der Waals surface area contributed by atoms with Crippen molar-refractivity contribution in [2.75, 3.05) is 57.3 Å². The van der Waals surface area contributed by atoms with E-state index >= 15 is 0 Å². The lowest BCUT2D eigenvalue weighted by molar-refractivity contribution is -0.129. The third kappa shape index (κ3) is 3.86. The summed E-state index contributed by atoms with van der Waals surface area (Å²) in [5.74, 6) is 0.637. The van der Waals surface area contributed by atoms with Crippen LogP contribution in [0.5, 0.6) is 0 Å². The second-order valence-electron chi connectivity index (χ2n) is 6.20. The number of carbonyl (C=O) groups excluding carboxylic acids is 3. The van der Waals surface area contributed by atoms with Crippen LogP contribution in [0.4, 0.5) is 5.82 Å². The van der Waals surface area contributed by atoms with E-state index in [-0.39, 0.29) is 11.8 Å². The fourth-order valence-electron chi connectivity index (χ4n) is 3.05. The minimum Gasteiger partial charge on any atom is -0.352 e. The molecule has 134 valence electrons. The first-order valence-corrected chi connectivity index (χ1v) is 8.41. The van der Waals surface area contributed by atoms with Gasteiger partial charge in [-0.1, -0.05) is 0 Å². The van der Waals surface area contributed by atoms with Crippen LogP contribution in [0.1, 0.15) is 17.4 Å². The Kier molecular flexibility index (Phi) is 5.11. The van der Waals surface area contributed by atoms with E-state index in [1.165, 1.54) is 0 Å². The fourth-order valence-corrected chi connectivity index (χ4v) is 3.05. The molecule has 25 heavy (non-hydrogen) atoms. The van der Waals surface area contributed by atoms with Crippen LogP contribution < -0.4 is 4.90 Å². The highest BCUT2D eigenvalue weighted by atomic mass is 16.2. The molecule has 0 saturated carbocycles. The highest BCUT2D eigenvalue weighted by molar-refractivity contribution is 5.92. The Morgan fingerprint density at radius 3 is 2.08 bits per heavy atom. The molecule has 2 aliphatic rings. The number of rotatable bonds is 3. The second-order valence-corrected chi connectivity index (χ2v) is 6.20. The number of amides is 3. The van der Waals surface area contributed by atoms with Gasteiger partial charge in [-0.15, -0.1) is 10.2 Å². The fraction of sp³-hybridized carbons (Fsp3) is 0.562. The SMILES string of the molecule is CC(=O)N1CCN(c2ccc(C(=O)N3CCN(C=O)CC3)nn2)CC1. The summed E-state index contributed by atoms with van der Waals surface area (Å²) in [4.78, 5) is 41.8. The number of anilines is 1. The Hall–Kier alpha value is -2.71. The molecule has 0 radical (unpaired) electrons. The largest absolute Gasteiger partial charge is 0.352 e. The molecule has 3 heterocycles. The number of hydrogen-bond donors (Lipinski definition) is 0. The Balaban J connectivity index is 1.58. The first-order valence-electron chi connectivity index (χ1n) is 8.41. The third-order valence-electron chi connectivity index (χ3n) is 4.67. The molecular formula is C16H22N6O3. The molecule has 2 aliphatic heterocycles. The summed E-state index contributed by atoms with van der Waals surface area (Å²) in [7, 11) is 0. The normalized spacial score (nSPS) is 18.3. The Labute approximate surface area is 146 Å². The molecule has 1 aromatic rings. The van der Waals surface area contributed by atoms with Gasteiger partial charge in [-0.25, -0.2) is 0 Å². The summed E-state index contributed by atoms with van der Waals surface area (Å²) >= 11 is 0. The summed E-state index contributed by atoms with van der Waals surface area (Å²) < 4.78 is 0. The number of carbonyl (C=O) groups is 3. The summed E-state index contributed by atoms with van der Waals surface area (Å²) in [5.41, 5.74) is 0.311. The number of aromatic nitrogens is 2. The van der Waals surface area contributed by atoms with E-state index < -0.39 is 0 Å². The van der Waals surface area contributed by atoms with Gasteiger partial charge in [0.15, 0.2) is 11.5 Å². The molecule has 0 unspecified atom stereocenters. The van der Waals surface area contributed by atoms with E-state index in [0.29, 0.717) is 63.9 Å². The van der Waals surface area contributed by atoms with Crippen LogP contribution in [0, 0.1) is 0 Å². The molecule has 0 atom stereocenters. The topological polar surface area (TPSA) is 90.0 Å². The average molecular weight is 346 g/mol. The van der Waals surface area contributed by atoms with Crippen molar-refractivity contribution < 1.29 is 14.4 Å². The van der Waals surface area contributed by atoms with Crippen molar-refractivity contribution in [1.29, 1.82) is 0 Å². The Bertz CT molecular complexity index is 634. The van der Waals surface area contributed by atoms with Gasteiger partial charge >= 0.3 is 0 Å². The highest BCUT2D eigenvalue weighted by Crippen LogP contribution is 2.14. The molecule has 0 N–H and O–H groups in total. The van der Waals surface area contributed by atoms with Crippen LogP contribution in [-0.4, -0.2) is 95.5 Å². The molecule has 0 spiro atoms. The van der Waals surface area contributed by atoms with E-state index in [1.54, 1.807) is 33.8 Å². The highest BCUT2D eigenvalue weighted by Gasteiger charge is 2.24. The zero-order valence-corrected chi connectivity index (χ0v) is 14.3. The quantitative estimate of drug-likeness (QED) is 0.656. The molecule has 1 aromatic heterocycles. The zero-order chi connectivity index (χ0) is 17.8. The molecule has 0 bridgehead atoms. The van der Waals surface area contributed by atoms with Crippen molar-refractivity contribution in [2.24, 2.45) is 0 Å². The maximum Gasteiger partial charge on any atom is 0.274 e. The van der Waals surface area contributed by atoms with Crippen LogP contribution in [0.25, 0.3) is 0 Å². The molecule has 9 heteroatoms. The molecule has 2 fully saturated rings. The van der Waals surface area contributed by atoms with Gasteiger partial charge in [-0.2, -0.15) is 0 Å². The second kappa shape index (κ2) is 7.45. The van der Waals surface area contributed by atoms with Crippen LogP contribution in [0.2, 0.25) is 0 Å². The first kappa shape index (κ1) is 17.1. The zero-order valence-electron chi connectivity index (χ0n) is 14.3. The van der Waals surface area contributed by atoms with Crippen molar-refractivity contribution in [3.63, 3.8) is 0 Å². The van der Waals surface area contributed by atoms with Crippen LogP contribution in [-0.2, 0) is 9.59 Å². The Morgan fingerprint density at radius 1 is 0.920 bits per heavy atom. The summed E-state index contributed by atoms with van der Waals surface area (Å²) in [5, 5.41) is 8.25. The third-order valence-corrected chi connectivity index (χ3v) is 4.67. The lowest BCUT2D eigenvalue weighted by Crippen LogP contribution is -2.49. The van der Waals surface area contributed by atoms with Gasteiger partial charge in [0, 0.05) is 59.3 Å². The maximum atomic E-state index is 12.5. The van der Waals surface area contributed by atoms with Crippen molar-refractivity contribution >= 4 is 24.0 Å². The van der Waals surface area contributed by atoms with E-state index in [4.69, 9.17) is 0 Å². The van der Waals surface area contributed by atoms with Crippen LogP contribution in [0.3, 0.4) is 0 Å². The lowest BCUT2D eigenvalue weighted by atomic mass is 10.2. The van der Waals surface area contributed by atoms with Gasteiger partial charge in [-0.3, -0.25) is 14.4 Å². The minimum absolute atomic E-state index is 0.0846. The summed E-state index contributed by atoms with van der Waals surface area (Å²) in [6.07, 6.45) is 0.808. The van der Waals surface area contributed by atoms with Crippen molar-refractivity contribution in [3.05, 3.63) is 17.8 Å². The average Bonchev–Trinajstić information content (AvgIpc) is 2.67. The lowest BCUT2D eigenvalue weighted by Gasteiger charge is -2.34. The van der Waals surface area contributed by atoms with Crippen molar-refractivity contribution in [2.45, 2.75) is 6.92 Å². The number of piperazine rings is 2. The van der Waals surface area contributed by atoms with Crippen molar-refractivity contribution in [3.8, 4) is 0 Å². The Morgan fingerprint density at radius 2 is 1.56 bits per heavy atom. The van der Waals surface area contributed by atoms with E-state index in [1.807, 2.05) is 0 Å². The maximum absolute atomic E-state index is 12.5. The van der Waals surface area contributed by atoms with Gasteiger partial charge in [0.05, 0.1) is 0 Å². The molecule has 0 aliphatic carbocycles. The van der Waals surface area contributed by atoms with Gasteiger partial charge in [-0.05, 0) is 12.1 Å². The predicted molar refractivity (Wildman–Crippen MR) is 90.0 cm³/mol. The molecule has 3 rings (SSSR count). The van der Waals surface area contributed by atoms with Gasteiger partial charge < -0.3 is 19.6 Å². The van der Waals surface area contributed by atoms with Gasteiger partial charge in [0.25, 0.3) is 5.91 Å². The first-order chi connectivity index (χ1) is 12.1.